The molecule has 0 fully saturated rings. The quantitative estimate of drug-likeness (QED) is 0.659. The zero-order valence-electron chi connectivity index (χ0n) is 9.24. The highest BCUT2D eigenvalue weighted by Crippen LogP contribution is 2.29. The van der Waals surface area contributed by atoms with Crippen LogP contribution in [0.4, 0.5) is 5.69 Å². The second-order valence-corrected chi connectivity index (χ2v) is 5.31. The van der Waals surface area contributed by atoms with Crippen LogP contribution in [0.5, 0.6) is 0 Å². The summed E-state index contributed by atoms with van der Waals surface area (Å²) < 4.78 is 1.01. The van der Waals surface area contributed by atoms with Crippen molar-refractivity contribution in [1.29, 1.82) is 0 Å². The molecule has 3 N–H and O–H groups in total. The predicted octanol–water partition coefficient (Wildman–Crippen LogP) is 4.23. The van der Waals surface area contributed by atoms with Crippen molar-refractivity contribution in [2.75, 3.05) is 5.73 Å². The smallest absolute Gasteiger partial charge is 0.140 e. The number of nitrogen functional groups attached to an aromatic ring is 1. The fraction of sp³-hybridized carbons (Fsp3) is 0. The normalized spacial score (nSPS) is 11.0. The van der Waals surface area contributed by atoms with Gasteiger partial charge in [-0.2, -0.15) is 0 Å². The second-order valence-electron chi connectivity index (χ2n) is 3.99. The van der Waals surface area contributed by atoms with Crippen LogP contribution >= 0.6 is 27.5 Å². The van der Waals surface area contributed by atoms with Crippen molar-refractivity contribution in [1.82, 2.24) is 9.97 Å². The number of aromatic amines is 1. The number of benzene rings is 2. The molecule has 0 aliphatic rings. The summed E-state index contributed by atoms with van der Waals surface area (Å²) in [5.74, 6) is 0.744. The summed E-state index contributed by atoms with van der Waals surface area (Å²) in [5, 5.41) is 0.591. The van der Waals surface area contributed by atoms with Crippen molar-refractivity contribution in [3.63, 3.8) is 0 Å². The van der Waals surface area contributed by atoms with E-state index >= 15 is 0 Å². The molecule has 2 aromatic carbocycles. The molecule has 0 saturated carbocycles. The summed E-state index contributed by atoms with van der Waals surface area (Å²) in [5.41, 5.74) is 9.03. The lowest BCUT2D eigenvalue weighted by Crippen LogP contribution is -1.87. The first-order valence-corrected chi connectivity index (χ1v) is 6.51. The molecule has 3 nitrogen and oxygen atoms in total. The molecule has 5 heteroatoms. The Bertz CT molecular complexity index is 736. The summed E-state index contributed by atoms with van der Waals surface area (Å²) in [6, 6.07) is 11.3. The zero-order valence-corrected chi connectivity index (χ0v) is 11.6. The van der Waals surface area contributed by atoms with Gasteiger partial charge in [0.2, 0.25) is 0 Å². The third kappa shape index (κ3) is 1.98. The van der Waals surface area contributed by atoms with Crippen LogP contribution in [0, 0.1) is 0 Å². The van der Waals surface area contributed by atoms with Gasteiger partial charge in [0, 0.05) is 15.7 Å². The Labute approximate surface area is 117 Å². The van der Waals surface area contributed by atoms with E-state index in [2.05, 4.69) is 25.9 Å². The van der Waals surface area contributed by atoms with Gasteiger partial charge < -0.3 is 10.7 Å². The number of hydrogen-bond acceptors (Lipinski definition) is 2. The van der Waals surface area contributed by atoms with Crippen LogP contribution in [0.25, 0.3) is 22.4 Å². The van der Waals surface area contributed by atoms with Crippen molar-refractivity contribution < 1.29 is 0 Å². The van der Waals surface area contributed by atoms with E-state index in [1.807, 2.05) is 30.3 Å². The lowest BCUT2D eigenvalue weighted by molar-refractivity contribution is 1.34. The number of nitrogens with one attached hydrogen (secondary N) is 1. The third-order valence-electron chi connectivity index (χ3n) is 2.69. The van der Waals surface area contributed by atoms with Gasteiger partial charge in [0.05, 0.1) is 16.1 Å². The highest BCUT2D eigenvalue weighted by molar-refractivity contribution is 9.10. The van der Waals surface area contributed by atoms with E-state index in [1.54, 1.807) is 6.07 Å². The van der Waals surface area contributed by atoms with Crippen LogP contribution in [-0.4, -0.2) is 9.97 Å². The van der Waals surface area contributed by atoms with Gasteiger partial charge in [-0.05, 0) is 36.4 Å². The number of aromatic nitrogens is 2. The van der Waals surface area contributed by atoms with Gasteiger partial charge in [-0.1, -0.05) is 27.5 Å². The van der Waals surface area contributed by atoms with Crippen LogP contribution in [0.15, 0.2) is 40.9 Å². The van der Waals surface area contributed by atoms with Crippen LogP contribution in [0.1, 0.15) is 0 Å². The van der Waals surface area contributed by atoms with Crippen molar-refractivity contribution in [2.45, 2.75) is 0 Å². The van der Waals surface area contributed by atoms with E-state index in [9.17, 15) is 0 Å². The lowest BCUT2D eigenvalue weighted by Gasteiger charge is -2.01. The number of fused-ring (bicyclic) bond motifs is 1. The van der Waals surface area contributed by atoms with Gasteiger partial charge in [-0.15, -0.1) is 0 Å². The number of nitrogens with zero attached hydrogens (tertiary/aromatic N) is 1. The number of hydrogen-bond donors (Lipinski definition) is 2. The molecule has 0 aliphatic carbocycles. The lowest BCUT2D eigenvalue weighted by atomic mass is 10.2. The SMILES string of the molecule is Nc1ccc(-c2nc3ccc(Br)cc3[nH]2)c(Cl)c1. The Morgan fingerprint density at radius 2 is 2.00 bits per heavy atom. The molecule has 90 valence electrons. The predicted molar refractivity (Wildman–Crippen MR) is 78.7 cm³/mol. The molecular weight excluding hydrogens is 314 g/mol. The number of rotatable bonds is 1. The van der Waals surface area contributed by atoms with Crippen molar-refractivity contribution >= 4 is 44.3 Å². The maximum absolute atomic E-state index is 6.17. The summed E-state index contributed by atoms with van der Waals surface area (Å²) in [6.07, 6.45) is 0. The Hall–Kier alpha value is -1.52. The first-order chi connectivity index (χ1) is 8.63. The summed E-state index contributed by atoms with van der Waals surface area (Å²) in [6.45, 7) is 0. The molecule has 3 rings (SSSR count). The van der Waals surface area contributed by atoms with Gasteiger partial charge in [-0.3, -0.25) is 0 Å². The topological polar surface area (TPSA) is 54.7 Å². The fourth-order valence-corrected chi connectivity index (χ4v) is 2.47. The molecule has 0 saturated heterocycles. The standard InChI is InChI=1S/C13H9BrClN3/c14-7-1-4-11-12(5-7)18-13(17-11)9-3-2-8(16)6-10(9)15/h1-6H,16H2,(H,17,18). The van der Waals surface area contributed by atoms with Gasteiger partial charge >= 0.3 is 0 Å². The summed E-state index contributed by atoms with van der Waals surface area (Å²) in [4.78, 5) is 7.76. The molecule has 0 atom stereocenters. The van der Waals surface area contributed by atoms with Gasteiger partial charge in [0.15, 0.2) is 0 Å². The monoisotopic (exact) mass is 321 g/mol. The van der Waals surface area contributed by atoms with E-state index < -0.39 is 0 Å². The molecule has 0 spiro atoms. The number of H-pyrrole nitrogens is 1. The Morgan fingerprint density at radius 1 is 1.17 bits per heavy atom. The molecule has 0 amide bonds. The van der Waals surface area contributed by atoms with Gasteiger partial charge in [-0.25, -0.2) is 4.98 Å². The zero-order chi connectivity index (χ0) is 12.7. The number of imidazole rings is 1. The number of halogens is 2. The van der Waals surface area contributed by atoms with Crippen molar-refractivity contribution in [3.05, 3.63) is 45.9 Å². The molecular formula is C13H9BrClN3. The Kier molecular flexibility index (Phi) is 2.76. The minimum absolute atomic E-state index is 0.591. The maximum Gasteiger partial charge on any atom is 0.140 e. The van der Waals surface area contributed by atoms with Crippen molar-refractivity contribution in [2.24, 2.45) is 0 Å². The van der Waals surface area contributed by atoms with Crippen LogP contribution in [0.3, 0.4) is 0 Å². The molecule has 18 heavy (non-hydrogen) atoms. The van der Waals surface area contributed by atoms with E-state index in [-0.39, 0.29) is 0 Å². The van der Waals surface area contributed by atoms with Gasteiger partial charge in [0.1, 0.15) is 5.82 Å². The van der Waals surface area contributed by atoms with E-state index in [0.29, 0.717) is 10.7 Å². The van der Waals surface area contributed by atoms with Crippen LogP contribution < -0.4 is 5.73 Å². The molecule has 3 aromatic rings. The van der Waals surface area contributed by atoms with E-state index in [4.69, 9.17) is 17.3 Å². The Balaban J connectivity index is 2.19. The molecule has 0 radical (unpaired) electrons. The van der Waals surface area contributed by atoms with Crippen molar-refractivity contribution in [3.8, 4) is 11.4 Å². The third-order valence-corrected chi connectivity index (χ3v) is 3.50. The van der Waals surface area contributed by atoms with E-state index in [1.165, 1.54) is 0 Å². The average Bonchev–Trinajstić information content (AvgIpc) is 2.71. The van der Waals surface area contributed by atoms with Crippen LogP contribution in [0.2, 0.25) is 5.02 Å². The first-order valence-electron chi connectivity index (χ1n) is 5.34. The average molecular weight is 323 g/mol. The highest BCUT2D eigenvalue weighted by Gasteiger charge is 2.09. The maximum atomic E-state index is 6.17. The summed E-state index contributed by atoms with van der Waals surface area (Å²) in [7, 11) is 0. The number of nitrogens with two attached hydrogens (primary N) is 1. The van der Waals surface area contributed by atoms with Crippen LogP contribution in [-0.2, 0) is 0 Å². The molecule has 0 bridgehead atoms. The fourth-order valence-electron chi connectivity index (χ4n) is 1.83. The molecule has 1 heterocycles. The molecule has 0 unspecified atom stereocenters. The Morgan fingerprint density at radius 3 is 2.78 bits per heavy atom. The molecule has 0 aliphatic heterocycles. The minimum Gasteiger partial charge on any atom is -0.399 e. The first kappa shape index (κ1) is 11.6. The minimum atomic E-state index is 0.591. The van der Waals surface area contributed by atoms with Gasteiger partial charge in [0.25, 0.3) is 0 Å². The highest BCUT2D eigenvalue weighted by atomic mass is 79.9. The van der Waals surface area contributed by atoms with E-state index in [0.717, 1.165) is 26.9 Å². The molecule has 1 aromatic heterocycles. The number of anilines is 1. The summed E-state index contributed by atoms with van der Waals surface area (Å²) >= 11 is 9.61. The second kappa shape index (κ2) is 4.30. The largest absolute Gasteiger partial charge is 0.399 e.